The lowest BCUT2D eigenvalue weighted by molar-refractivity contribution is -0.155. The first-order valence-corrected chi connectivity index (χ1v) is 7.81. The highest BCUT2D eigenvalue weighted by molar-refractivity contribution is 5.77. The first-order valence-electron chi connectivity index (χ1n) is 7.81. The van der Waals surface area contributed by atoms with Gasteiger partial charge in [-0.3, -0.25) is 9.59 Å². The van der Waals surface area contributed by atoms with E-state index in [1.54, 1.807) is 0 Å². The molecule has 0 aromatic heterocycles. The van der Waals surface area contributed by atoms with Gasteiger partial charge in [-0.25, -0.2) is 0 Å². The van der Waals surface area contributed by atoms with Gasteiger partial charge in [-0.05, 0) is 39.5 Å². The summed E-state index contributed by atoms with van der Waals surface area (Å²) in [6.07, 6.45) is 5.36. The van der Waals surface area contributed by atoms with E-state index in [1.165, 1.54) is 12.8 Å². The fraction of sp³-hybridized carbons (Fsp3) is 0.875. The van der Waals surface area contributed by atoms with Crippen LogP contribution in [-0.4, -0.2) is 35.5 Å². The molecule has 0 N–H and O–H groups in total. The average Bonchev–Trinajstić information content (AvgIpc) is 2.48. The molecule has 1 atom stereocenters. The number of amides is 1. The number of esters is 1. The Morgan fingerprint density at radius 1 is 1.35 bits per heavy atom. The molecule has 4 heteroatoms. The summed E-state index contributed by atoms with van der Waals surface area (Å²) in [4.78, 5) is 25.6. The number of nitrogens with zero attached hydrogens (tertiary/aromatic N) is 1. The van der Waals surface area contributed by atoms with Gasteiger partial charge in [-0.1, -0.05) is 19.8 Å². The van der Waals surface area contributed by atoms with Crippen molar-refractivity contribution in [2.24, 2.45) is 5.92 Å². The highest BCUT2D eigenvalue weighted by Crippen LogP contribution is 2.22. The lowest BCUT2D eigenvalue weighted by Crippen LogP contribution is -2.34. The van der Waals surface area contributed by atoms with Crippen LogP contribution in [0.4, 0.5) is 0 Å². The number of rotatable bonds is 5. The molecule has 1 aliphatic heterocycles. The van der Waals surface area contributed by atoms with Crippen molar-refractivity contribution in [2.75, 3.05) is 13.1 Å². The van der Waals surface area contributed by atoms with Gasteiger partial charge in [0.05, 0.1) is 6.42 Å². The van der Waals surface area contributed by atoms with E-state index in [0.29, 0.717) is 25.3 Å². The van der Waals surface area contributed by atoms with Gasteiger partial charge in [0.15, 0.2) is 0 Å². The zero-order valence-corrected chi connectivity index (χ0v) is 13.4. The number of hydrogen-bond donors (Lipinski definition) is 0. The normalized spacial score (nSPS) is 20.7. The van der Waals surface area contributed by atoms with Gasteiger partial charge >= 0.3 is 5.97 Å². The van der Waals surface area contributed by atoms with Crippen LogP contribution < -0.4 is 0 Å². The molecule has 1 unspecified atom stereocenters. The van der Waals surface area contributed by atoms with Crippen molar-refractivity contribution < 1.29 is 14.3 Å². The van der Waals surface area contributed by atoms with Crippen LogP contribution in [0.5, 0.6) is 0 Å². The number of carbonyl (C=O) groups excluding carboxylic acids is 2. The van der Waals surface area contributed by atoms with Crippen molar-refractivity contribution in [1.82, 2.24) is 4.90 Å². The Kier molecular flexibility index (Phi) is 6.50. The van der Waals surface area contributed by atoms with E-state index in [4.69, 9.17) is 4.74 Å². The Morgan fingerprint density at radius 3 is 2.65 bits per heavy atom. The lowest BCUT2D eigenvalue weighted by atomic mass is 9.96. The molecule has 0 radical (unpaired) electrons. The molecule has 20 heavy (non-hydrogen) atoms. The van der Waals surface area contributed by atoms with E-state index < -0.39 is 5.60 Å². The van der Waals surface area contributed by atoms with Crippen molar-refractivity contribution in [1.29, 1.82) is 0 Å². The summed E-state index contributed by atoms with van der Waals surface area (Å²) in [6.45, 7) is 9.04. The molecule has 0 bridgehead atoms. The van der Waals surface area contributed by atoms with Crippen LogP contribution >= 0.6 is 0 Å². The second kappa shape index (κ2) is 7.65. The molecule has 1 aliphatic rings. The Bertz CT molecular complexity index is 333. The number of hydrogen-bond acceptors (Lipinski definition) is 3. The molecule has 1 fully saturated rings. The average molecular weight is 283 g/mol. The van der Waals surface area contributed by atoms with E-state index in [0.717, 1.165) is 19.4 Å². The fourth-order valence-electron chi connectivity index (χ4n) is 2.65. The molecule has 1 amide bonds. The summed E-state index contributed by atoms with van der Waals surface area (Å²) in [7, 11) is 0. The summed E-state index contributed by atoms with van der Waals surface area (Å²) in [5.74, 6) is 0.627. The molecule has 116 valence electrons. The van der Waals surface area contributed by atoms with Crippen molar-refractivity contribution in [3.63, 3.8) is 0 Å². The highest BCUT2D eigenvalue weighted by atomic mass is 16.6. The summed E-state index contributed by atoms with van der Waals surface area (Å²) < 4.78 is 5.28. The molecule has 1 saturated heterocycles. The zero-order chi connectivity index (χ0) is 15.2. The summed E-state index contributed by atoms with van der Waals surface area (Å²) >= 11 is 0. The minimum atomic E-state index is -0.452. The molecule has 4 nitrogen and oxygen atoms in total. The predicted octanol–water partition coefficient (Wildman–Crippen LogP) is 3.15. The summed E-state index contributed by atoms with van der Waals surface area (Å²) in [6, 6.07) is 0. The third kappa shape index (κ3) is 6.40. The van der Waals surface area contributed by atoms with Gasteiger partial charge in [0.2, 0.25) is 5.91 Å². The minimum Gasteiger partial charge on any atom is -0.460 e. The van der Waals surface area contributed by atoms with Gasteiger partial charge in [0, 0.05) is 19.5 Å². The molecule has 0 aromatic carbocycles. The maximum Gasteiger partial charge on any atom is 0.308 e. The predicted molar refractivity (Wildman–Crippen MR) is 79.3 cm³/mol. The largest absolute Gasteiger partial charge is 0.460 e. The standard InChI is InChI=1S/C16H29NO3/c1-5-6-13-7-8-14(18)17(11-9-13)12-10-15(19)20-16(2,3)4/h13H,5-12H2,1-4H3. The van der Waals surface area contributed by atoms with Crippen LogP contribution in [0.15, 0.2) is 0 Å². The molecule has 0 aliphatic carbocycles. The van der Waals surface area contributed by atoms with E-state index in [-0.39, 0.29) is 11.9 Å². The SMILES string of the molecule is CCCC1CCC(=O)N(CCC(=O)OC(C)(C)C)CC1. The number of ether oxygens (including phenoxy) is 1. The molecule has 1 heterocycles. The maximum absolute atomic E-state index is 12.0. The van der Waals surface area contributed by atoms with Crippen molar-refractivity contribution in [2.45, 2.75) is 71.8 Å². The number of likely N-dealkylation sites (tertiary alicyclic amines) is 1. The van der Waals surface area contributed by atoms with Crippen LogP contribution in [0.3, 0.4) is 0 Å². The van der Waals surface area contributed by atoms with Crippen LogP contribution in [0, 0.1) is 5.92 Å². The molecular weight excluding hydrogens is 254 g/mol. The van der Waals surface area contributed by atoms with Gasteiger partial charge in [-0.15, -0.1) is 0 Å². The molecule has 0 spiro atoms. The third-order valence-corrected chi connectivity index (χ3v) is 3.63. The van der Waals surface area contributed by atoms with E-state index in [2.05, 4.69) is 6.92 Å². The van der Waals surface area contributed by atoms with Gasteiger partial charge in [-0.2, -0.15) is 0 Å². The zero-order valence-electron chi connectivity index (χ0n) is 13.4. The molecule has 0 aromatic rings. The van der Waals surface area contributed by atoms with Crippen molar-refractivity contribution in [3.8, 4) is 0 Å². The molecular formula is C16H29NO3. The first-order chi connectivity index (χ1) is 9.31. The smallest absolute Gasteiger partial charge is 0.308 e. The van der Waals surface area contributed by atoms with Crippen LogP contribution in [0.1, 0.15) is 66.2 Å². The maximum atomic E-state index is 12.0. The van der Waals surface area contributed by atoms with E-state index in [1.807, 2.05) is 25.7 Å². The van der Waals surface area contributed by atoms with Gasteiger partial charge in [0.25, 0.3) is 0 Å². The van der Waals surface area contributed by atoms with Gasteiger partial charge < -0.3 is 9.64 Å². The Labute approximate surface area is 122 Å². The summed E-state index contributed by atoms with van der Waals surface area (Å²) in [5, 5.41) is 0. The quantitative estimate of drug-likeness (QED) is 0.728. The van der Waals surface area contributed by atoms with Gasteiger partial charge in [0.1, 0.15) is 5.60 Å². The van der Waals surface area contributed by atoms with E-state index in [9.17, 15) is 9.59 Å². The van der Waals surface area contributed by atoms with Crippen molar-refractivity contribution >= 4 is 11.9 Å². The second-order valence-electron chi connectivity index (χ2n) is 6.70. The summed E-state index contributed by atoms with van der Waals surface area (Å²) in [5.41, 5.74) is -0.452. The fourth-order valence-corrected chi connectivity index (χ4v) is 2.65. The molecule has 1 rings (SSSR count). The number of carbonyl (C=O) groups is 2. The Morgan fingerprint density at radius 2 is 2.05 bits per heavy atom. The highest BCUT2D eigenvalue weighted by Gasteiger charge is 2.23. The van der Waals surface area contributed by atoms with E-state index >= 15 is 0 Å². The first kappa shape index (κ1) is 17.0. The second-order valence-corrected chi connectivity index (χ2v) is 6.70. The Balaban J connectivity index is 2.39. The molecule has 0 saturated carbocycles. The monoisotopic (exact) mass is 283 g/mol. The van der Waals surface area contributed by atoms with Crippen molar-refractivity contribution in [3.05, 3.63) is 0 Å². The van der Waals surface area contributed by atoms with Crippen LogP contribution in [0.25, 0.3) is 0 Å². The lowest BCUT2D eigenvalue weighted by Gasteiger charge is -2.23. The third-order valence-electron chi connectivity index (χ3n) is 3.63. The van der Waals surface area contributed by atoms with Crippen LogP contribution in [-0.2, 0) is 14.3 Å². The topological polar surface area (TPSA) is 46.6 Å². The minimum absolute atomic E-state index is 0.187. The van der Waals surface area contributed by atoms with Crippen LogP contribution in [0.2, 0.25) is 0 Å². The Hall–Kier alpha value is -1.06.